The van der Waals surface area contributed by atoms with Gasteiger partial charge in [0.05, 0.1) is 16.9 Å². The molecule has 0 amide bonds. The summed E-state index contributed by atoms with van der Waals surface area (Å²) in [5, 5.41) is 14.5. The second-order valence-electron chi connectivity index (χ2n) is 3.90. The molecule has 1 heterocycles. The molecule has 1 N–H and O–H groups in total. The number of halogens is 2. The number of benzene rings is 1. The number of aryl methyl sites for hydroxylation is 2. The van der Waals surface area contributed by atoms with Gasteiger partial charge in [-0.2, -0.15) is 5.10 Å². The summed E-state index contributed by atoms with van der Waals surface area (Å²) in [6.07, 6.45) is 0.472. The largest absolute Gasteiger partial charge is 0.382 e. The Morgan fingerprint density at radius 3 is 2.76 bits per heavy atom. The number of nitrogens with zero attached hydrogens (tertiary/aromatic N) is 2. The Balaban J connectivity index is 2.50. The molecule has 5 heteroatoms. The topological polar surface area (TPSA) is 38.1 Å². The summed E-state index contributed by atoms with van der Waals surface area (Å²) in [7, 11) is 1.68. The van der Waals surface area contributed by atoms with Crippen molar-refractivity contribution in [3.63, 3.8) is 0 Å². The molecule has 0 spiro atoms. The highest BCUT2D eigenvalue weighted by Gasteiger charge is 2.20. The SMILES string of the molecule is Cc1ccc(F)cc1C(O)c1c(Cl)cnn1C. The van der Waals surface area contributed by atoms with Crippen molar-refractivity contribution in [1.82, 2.24) is 9.78 Å². The Labute approximate surface area is 103 Å². The molecule has 1 unspecified atom stereocenters. The van der Waals surface area contributed by atoms with Gasteiger partial charge in [0.2, 0.25) is 0 Å². The van der Waals surface area contributed by atoms with Crippen LogP contribution in [0.15, 0.2) is 24.4 Å². The monoisotopic (exact) mass is 254 g/mol. The summed E-state index contributed by atoms with van der Waals surface area (Å²) in [5.74, 6) is -0.386. The zero-order chi connectivity index (χ0) is 12.6. The summed E-state index contributed by atoms with van der Waals surface area (Å²) in [5.41, 5.74) is 1.76. The molecule has 17 heavy (non-hydrogen) atoms. The lowest BCUT2D eigenvalue weighted by atomic mass is 10.0. The molecule has 1 aromatic heterocycles. The summed E-state index contributed by atoms with van der Waals surface area (Å²) < 4.78 is 14.7. The Morgan fingerprint density at radius 1 is 1.47 bits per heavy atom. The first kappa shape index (κ1) is 12.1. The average Bonchev–Trinajstić information content (AvgIpc) is 2.61. The van der Waals surface area contributed by atoms with E-state index in [1.165, 1.54) is 23.0 Å². The third-order valence-electron chi connectivity index (χ3n) is 2.73. The summed E-state index contributed by atoms with van der Waals surface area (Å²) in [6.45, 7) is 1.81. The minimum atomic E-state index is -0.981. The Kier molecular flexibility index (Phi) is 3.17. The number of aromatic nitrogens is 2. The Bertz CT molecular complexity index is 534. The van der Waals surface area contributed by atoms with Crippen molar-refractivity contribution in [3.05, 3.63) is 52.1 Å². The van der Waals surface area contributed by atoms with Crippen molar-refractivity contribution in [1.29, 1.82) is 0 Å². The van der Waals surface area contributed by atoms with E-state index in [0.29, 0.717) is 16.3 Å². The Morgan fingerprint density at radius 2 is 2.18 bits per heavy atom. The van der Waals surface area contributed by atoms with Crippen LogP contribution >= 0.6 is 11.6 Å². The molecular formula is C12H12ClFN2O. The average molecular weight is 255 g/mol. The molecule has 0 aliphatic heterocycles. The Hall–Kier alpha value is -1.39. The fourth-order valence-electron chi connectivity index (χ4n) is 1.78. The molecule has 0 bridgehead atoms. The van der Waals surface area contributed by atoms with E-state index in [0.717, 1.165) is 5.56 Å². The number of aliphatic hydroxyl groups excluding tert-OH is 1. The van der Waals surface area contributed by atoms with Crippen LogP contribution < -0.4 is 0 Å². The van der Waals surface area contributed by atoms with E-state index in [4.69, 9.17) is 11.6 Å². The maximum Gasteiger partial charge on any atom is 0.123 e. The van der Waals surface area contributed by atoms with Gasteiger partial charge >= 0.3 is 0 Å². The van der Waals surface area contributed by atoms with Gasteiger partial charge in [-0.05, 0) is 30.2 Å². The molecule has 90 valence electrons. The number of hydrogen-bond acceptors (Lipinski definition) is 2. The van der Waals surface area contributed by atoms with E-state index < -0.39 is 6.10 Å². The van der Waals surface area contributed by atoms with Crippen molar-refractivity contribution in [3.8, 4) is 0 Å². The molecule has 2 rings (SSSR count). The van der Waals surface area contributed by atoms with Crippen LogP contribution in [0.25, 0.3) is 0 Å². The van der Waals surface area contributed by atoms with Crippen molar-refractivity contribution in [2.45, 2.75) is 13.0 Å². The van der Waals surface area contributed by atoms with Gasteiger partial charge in [-0.15, -0.1) is 0 Å². The van der Waals surface area contributed by atoms with Crippen LogP contribution in [0.5, 0.6) is 0 Å². The lowest BCUT2D eigenvalue weighted by molar-refractivity contribution is 0.208. The molecule has 1 aromatic carbocycles. The summed E-state index contributed by atoms with van der Waals surface area (Å²) in [4.78, 5) is 0. The van der Waals surface area contributed by atoms with Gasteiger partial charge in [-0.3, -0.25) is 4.68 Å². The van der Waals surface area contributed by atoms with Gasteiger partial charge in [0.1, 0.15) is 11.9 Å². The van der Waals surface area contributed by atoms with Crippen molar-refractivity contribution < 1.29 is 9.50 Å². The highest BCUT2D eigenvalue weighted by Crippen LogP contribution is 2.29. The zero-order valence-corrected chi connectivity index (χ0v) is 10.2. The molecule has 1 atom stereocenters. The van der Waals surface area contributed by atoms with E-state index >= 15 is 0 Å². The van der Waals surface area contributed by atoms with Crippen molar-refractivity contribution in [2.75, 3.05) is 0 Å². The first-order valence-electron chi connectivity index (χ1n) is 5.12. The van der Waals surface area contributed by atoms with Gasteiger partial charge in [0.25, 0.3) is 0 Å². The van der Waals surface area contributed by atoms with E-state index in [-0.39, 0.29) is 5.82 Å². The highest BCUT2D eigenvalue weighted by molar-refractivity contribution is 6.31. The molecule has 0 aliphatic carbocycles. The predicted molar refractivity (Wildman–Crippen MR) is 63.4 cm³/mol. The van der Waals surface area contributed by atoms with Crippen LogP contribution in [-0.2, 0) is 7.05 Å². The standard InChI is InChI=1S/C12H12ClFN2O/c1-7-3-4-8(14)5-9(7)12(17)11-10(13)6-15-16(11)2/h3-6,12,17H,1-2H3. The fourth-order valence-corrected chi connectivity index (χ4v) is 2.05. The molecule has 0 fully saturated rings. The van der Waals surface area contributed by atoms with E-state index in [1.54, 1.807) is 13.1 Å². The second kappa shape index (κ2) is 4.47. The van der Waals surface area contributed by atoms with Crippen LogP contribution in [0, 0.1) is 12.7 Å². The van der Waals surface area contributed by atoms with Crippen LogP contribution in [0.1, 0.15) is 22.9 Å². The van der Waals surface area contributed by atoms with E-state index in [1.807, 2.05) is 6.92 Å². The van der Waals surface area contributed by atoms with Crippen LogP contribution in [0.2, 0.25) is 5.02 Å². The number of aliphatic hydroxyl groups is 1. The van der Waals surface area contributed by atoms with Crippen molar-refractivity contribution >= 4 is 11.6 Å². The van der Waals surface area contributed by atoms with Gasteiger partial charge in [0.15, 0.2) is 0 Å². The van der Waals surface area contributed by atoms with E-state index in [2.05, 4.69) is 5.10 Å². The molecule has 0 saturated heterocycles. The summed E-state index contributed by atoms with van der Waals surface area (Å²) >= 11 is 5.94. The third kappa shape index (κ3) is 2.18. The lowest BCUT2D eigenvalue weighted by Crippen LogP contribution is -2.09. The van der Waals surface area contributed by atoms with Gasteiger partial charge in [-0.1, -0.05) is 17.7 Å². The third-order valence-corrected chi connectivity index (χ3v) is 3.02. The second-order valence-corrected chi connectivity index (χ2v) is 4.31. The number of hydrogen-bond donors (Lipinski definition) is 1. The first-order chi connectivity index (χ1) is 8.00. The molecule has 2 aromatic rings. The maximum absolute atomic E-state index is 13.2. The van der Waals surface area contributed by atoms with Crippen LogP contribution in [0.4, 0.5) is 4.39 Å². The lowest BCUT2D eigenvalue weighted by Gasteiger charge is -2.14. The fraction of sp³-hybridized carbons (Fsp3) is 0.250. The quantitative estimate of drug-likeness (QED) is 0.895. The number of rotatable bonds is 2. The molecule has 0 saturated carbocycles. The van der Waals surface area contributed by atoms with Crippen LogP contribution in [0.3, 0.4) is 0 Å². The van der Waals surface area contributed by atoms with E-state index in [9.17, 15) is 9.50 Å². The summed E-state index contributed by atoms with van der Waals surface area (Å²) in [6, 6.07) is 4.29. The normalized spacial score (nSPS) is 12.8. The van der Waals surface area contributed by atoms with Gasteiger partial charge in [-0.25, -0.2) is 4.39 Å². The molecule has 0 radical (unpaired) electrons. The zero-order valence-electron chi connectivity index (χ0n) is 9.48. The van der Waals surface area contributed by atoms with Crippen LogP contribution in [-0.4, -0.2) is 14.9 Å². The minimum Gasteiger partial charge on any atom is -0.382 e. The predicted octanol–water partition coefficient (Wildman–Crippen LogP) is 2.60. The molecular weight excluding hydrogens is 243 g/mol. The van der Waals surface area contributed by atoms with Crippen molar-refractivity contribution in [2.24, 2.45) is 7.05 Å². The van der Waals surface area contributed by atoms with Gasteiger partial charge in [0, 0.05) is 7.05 Å². The molecule has 0 aliphatic rings. The smallest absolute Gasteiger partial charge is 0.123 e. The first-order valence-corrected chi connectivity index (χ1v) is 5.50. The maximum atomic E-state index is 13.2. The minimum absolute atomic E-state index is 0.365. The van der Waals surface area contributed by atoms with Gasteiger partial charge < -0.3 is 5.11 Å². The molecule has 3 nitrogen and oxygen atoms in total. The highest BCUT2D eigenvalue weighted by atomic mass is 35.5.